The van der Waals surface area contributed by atoms with Gasteiger partial charge in [0.15, 0.2) is 0 Å². The number of piperazine rings is 1. The van der Waals surface area contributed by atoms with Gasteiger partial charge in [-0.3, -0.25) is 9.69 Å². The Morgan fingerprint density at radius 2 is 1.68 bits per heavy atom. The van der Waals surface area contributed by atoms with Gasteiger partial charge in [-0.25, -0.2) is 0 Å². The maximum atomic E-state index is 13.3. The van der Waals surface area contributed by atoms with Crippen LogP contribution in [0.3, 0.4) is 0 Å². The van der Waals surface area contributed by atoms with Crippen molar-refractivity contribution in [2.75, 3.05) is 70.3 Å². The first-order chi connectivity index (χ1) is 15.1. The first-order valence-electron chi connectivity index (χ1n) is 11.3. The van der Waals surface area contributed by atoms with E-state index in [-0.39, 0.29) is 5.91 Å². The number of piperidine rings is 1. The number of benzene rings is 2. The number of hydrogen-bond donors (Lipinski definition) is 0. The molecule has 1 amide bonds. The molecule has 4 rings (SSSR count). The topological polar surface area (TPSA) is 39.3 Å². The zero-order valence-electron chi connectivity index (χ0n) is 19.0. The van der Waals surface area contributed by atoms with E-state index in [9.17, 15) is 4.79 Å². The highest BCUT2D eigenvalue weighted by molar-refractivity contribution is 5.99. The summed E-state index contributed by atoms with van der Waals surface area (Å²) < 4.78 is 5.27. The van der Waals surface area contributed by atoms with Gasteiger partial charge in [-0.05, 0) is 49.2 Å². The molecule has 2 heterocycles. The van der Waals surface area contributed by atoms with Gasteiger partial charge in [-0.2, -0.15) is 0 Å². The van der Waals surface area contributed by atoms with E-state index >= 15 is 0 Å². The molecule has 0 N–H and O–H groups in total. The number of likely N-dealkylation sites (tertiary alicyclic amines) is 1. The largest absolute Gasteiger partial charge is 0.497 e. The third-order valence-corrected chi connectivity index (χ3v) is 6.57. The summed E-state index contributed by atoms with van der Waals surface area (Å²) in [5.74, 6) is 1.05. The summed E-state index contributed by atoms with van der Waals surface area (Å²) in [5, 5.41) is 0. The minimum absolute atomic E-state index is 0.158. The van der Waals surface area contributed by atoms with E-state index in [1.54, 1.807) is 7.11 Å². The lowest BCUT2D eigenvalue weighted by molar-refractivity contribution is 0.0564. The first-order valence-corrected chi connectivity index (χ1v) is 11.3. The minimum Gasteiger partial charge on any atom is -0.497 e. The monoisotopic (exact) mass is 422 g/mol. The molecule has 0 aliphatic carbocycles. The van der Waals surface area contributed by atoms with Crippen LogP contribution in [0.4, 0.5) is 11.4 Å². The van der Waals surface area contributed by atoms with Gasteiger partial charge < -0.3 is 19.4 Å². The van der Waals surface area contributed by atoms with E-state index in [2.05, 4.69) is 26.8 Å². The van der Waals surface area contributed by atoms with Crippen LogP contribution in [-0.4, -0.2) is 82.2 Å². The number of rotatable bonds is 5. The lowest BCUT2D eigenvalue weighted by atomic mass is 10.0. The molecule has 2 fully saturated rings. The van der Waals surface area contributed by atoms with E-state index in [4.69, 9.17) is 4.74 Å². The van der Waals surface area contributed by atoms with E-state index in [1.807, 2.05) is 55.4 Å². The number of para-hydroxylation sites is 1. The Kier molecular flexibility index (Phi) is 6.66. The molecule has 2 aromatic rings. The van der Waals surface area contributed by atoms with Crippen molar-refractivity contribution in [2.45, 2.75) is 18.9 Å². The van der Waals surface area contributed by atoms with Crippen molar-refractivity contribution < 1.29 is 9.53 Å². The number of ether oxygens (including phenoxy) is 1. The molecule has 166 valence electrons. The quantitative estimate of drug-likeness (QED) is 0.740. The third-order valence-electron chi connectivity index (χ3n) is 6.57. The van der Waals surface area contributed by atoms with Crippen LogP contribution < -0.4 is 14.5 Å². The lowest BCUT2D eigenvalue weighted by Gasteiger charge is -2.44. The van der Waals surface area contributed by atoms with Crippen molar-refractivity contribution in [3.8, 4) is 5.75 Å². The number of nitrogens with zero attached hydrogens (tertiary/aromatic N) is 4. The fourth-order valence-corrected chi connectivity index (χ4v) is 4.79. The van der Waals surface area contributed by atoms with Gasteiger partial charge in [0.2, 0.25) is 0 Å². The second-order valence-electron chi connectivity index (χ2n) is 8.68. The summed E-state index contributed by atoms with van der Waals surface area (Å²) in [5.41, 5.74) is 3.04. The predicted octanol–water partition coefficient (Wildman–Crippen LogP) is 3.19. The fourth-order valence-electron chi connectivity index (χ4n) is 4.79. The average Bonchev–Trinajstić information content (AvgIpc) is 2.84. The molecule has 0 spiro atoms. The molecule has 31 heavy (non-hydrogen) atoms. The van der Waals surface area contributed by atoms with E-state index in [0.29, 0.717) is 6.04 Å². The SMILES string of the molecule is COc1ccc(N2CCN(C3CCCN(C(=O)c4ccccc4N(C)C)C3)CC2)cc1. The lowest BCUT2D eigenvalue weighted by Crippen LogP contribution is -2.56. The van der Waals surface area contributed by atoms with Crippen LogP contribution in [0.2, 0.25) is 0 Å². The maximum absolute atomic E-state index is 13.3. The number of carbonyl (C=O) groups is 1. The number of carbonyl (C=O) groups excluding carboxylic acids is 1. The summed E-state index contributed by atoms with van der Waals surface area (Å²) in [7, 11) is 5.69. The van der Waals surface area contributed by atoms with Crippen LogP contribution in [-0.2, 0) is 0 Å². The molecule has 6 nitrogen and oxygen atoms in total. The zero-order chi connectivity index (χ0) is 21.8. The smallest absolute Gasteiger partial charge is 0.256 e. The summed E-state index contributed by atoms with van der Waals surface area (Å²) in [6, 6.07) is 16.7. The molecule has 2 aromatic carbocycles. The van der Waals surface area contributed by atoms with Gasteiger partial charge in [-0.15, -0.1) is 0 Å². The van der Waals surface area contributed by atoms with Crippen LogP contribution in [0.1, 0.15) is 23.2 Å². The van der Waals surface area contributed by atoms with Gasteiger partial charge in [0, 0.05) is 70.8 Å². The average molecular weight is 423 g/mol. The molecule has 2 aliphatic rings. The molecule has 1 atom stereocenters. The van der Waals surface area contributed by atoms with Crippen LogP contribution in [0, 0.1) is 0 Å². The highest BCUT2D eigenvalue weighted by Crippen LogP contribution is 2.25. The number of anilines is 2. The molecule has 1 unspecified atom stereocenters. The van der Waals surface area contributed by atoms with Crippen molar-refractivity contribution in [3.63, 3.8) is 0 Å². The van der Waals surface area contributed by atoms with Gasteiger partial charge in [0.1, 0.15) is 5.75 Å². The molecule has 2 aliphatic heterocycles. The molecular formula is C25H34N4O2. The maximum Gasteiger partial charge on any atom is 0.256 e. The van der Waals surface area contributed by atoms with Crippen molar-refractivity contribution in [3.05, 3.63) is 54.1 Å². The Balaban J connectivity index is 1.36. The summed E-state index contributed by atoms with van der Waals surface area (Å²) in [6.07, 6.45) is 2.24. The van der Waals surface area contributed by atoms with Crippen molar-refractivity contribution in [1.29, 1.82) is 0 Å². The van der Waals surface area contributed by atoms with E-state index in [0.717, 1.165) is 62.7 Å². The van der Waals surface area contributed by atoms with Crippen molar-refractivity contribution in [1.82, 2.24) is 9.80 Å². The van der Waals surface area contributed by atoms with E-state index in [1.165, 1.54) is 12.1 Å². The van der Waals surface area contributed by atoms with E-state index < -0.39 is 0 Å². The Bertz CT molecular complexity index is 875. The number of hydrogen-bond acceptors (Lipinski definition) is 5. The van der Waals surface area contributed by atoms with Crippen molar-refractivity contribution >= 4 is 17.3 Å². The van der Waals surface area contributed by atoms with Crippen LogP contribution in [0.5, 0.6) is 5.75 Å². The summed E-state index contributed by atoms with van der Waals surface area (Å²) in [6.45, 7) is 5.77. The Morgan fingerprint density at radius 3 is 2.35 bits per heavy atom. The Labute approximate surface area is 186 Å². The number of methoxy groups -OCH3 is 1. The standard InChI is InChI=1S/C25H34N4O2/c1-26(2)24-9-5-4-8-23(24)25(30)29-14-6-7-21(19-29)28-17-15-27(16-18-28)20-10-12-22(31-3)13-11-20/h4-5,8-13,21H,6-7,14-19H2,1-3H3. The zero-order valence-corrected chi connectivity index (χ0v) is 19.0. The Morgan fingerprint density at radius 1 is 0.968 bits per heavy atom. The second-order valence-corrected chi connectivity index (χ2v) is 8.68. The van der Waals surface area contributed by atoms with Gasteiger partial charge >= 0.3 is 0 Å². The van der Waals surface area contributed by atoms with Gasteiger partial charge in [0.05, 0.1) is 12.7 Å². The van der Waals surface area contributed by atoms with Crippen LogP contribution in [0.15, 0.2) is 48.5 Å². The molecule has 0 saturated carbocycles. The summed E-state index contributed by atoms with van der Waals surface area (Å²) in [4.78, 5) is 22.4. The fraction of sp³-hybridized carbons (Fsp3) is 0.480. The number of amides is 1. The minimum atomic E-state index is 0.158. The summed E-state index contributed by atoms with van der Waals surface area (Å²) >= 11 is 0. The van der Waals surface area contributed by atoms with Gasteiger partial charge in [-0.1, -0.05) is 12.1 Å². The molecular weight excluding hydrogens is 388 g/mol. The molecule has 2 saturated heterocycles. The normalized spacial score (nSPS) is 19.9. The second kappa shape index (κ2) is 9.60. The predicted molar refractivity (Wildman–Crippen MR) is 126 cm³/mol. The van der Waals surface area contributed by atoms with Crippen LogP contribution in [0.25, 0.3) is 0 Å². The third kappa shape index (κ3) is 4.79. The molecule has 6 heteroatoms. The molecule has 0 bridgehead atoms. The Hall–Kier alpha value is -2.73. The highest BCUT2D eigenvalue weighted by atomic mass is 16.5. The van der Waals surface area contributed by atoms with Gasteiger partial charge in [0.25, 0.3) is 5.91 Å². The first kappa shape index (κ1) is 21.5. The highest BCUT2D eigenvalue weighted by Gasteiger charge is 2.31. The van der Waals surface area contributed by atoms with Crippen LogP contribution >= 0.6 is 0 Å². The molecule has 0 radical (unpaired) electrons. The van der Waals surface area contributed by atoms with Crippen molar-refractivity contribution in [2.24, 2.45) is 0 Å². The molecule has 0 aromatic heterocycles.